The van der Waals surface area contributed by atoms with Crippen LogP contribution in [0.4, 0.5) is 0 Å². The van der Waals surface area contributed by atoms with Crippen LogP contribution in [-0.2, 0) is 16.2 Å². The smallest absolute Gasteiger partial charge is 0.172 e. The summed E-state index contributed by atoms with van der Waals surface area (Å²) < 4.78 is 1.68. The molecular formula is C23H19N3O3. The summed E-state index contributed by atoms with van der Waals surface area (Å²) in [5, 5.41) is 15.0. The van der Waals surface area contributed by atoms with Crippen LogP contribution in [0.3, 0.4) is 0 Å². The van der Waals surface area contributed by atoms with Crippen LogP contribution in [0, 0.1) is 13.8 Å². The molecule has 1 aromatic carbocycles. The topological polar surface area (TPSA) is 87.5 Å². The fraction of sp³-hybridized carbons (Fsp3) is 0.174. The molecule has 3 heterocycles. The number of aliphatic hydroxyl groups excluding tert-OH is 1. The monoisotopic (exact) mass is 385 g/mol. The predicted molar refractivity (Wildman–Crippen MR) is 110 cm³/mol. The van der Waals surface area contributed by atoms with Crippen molar-refractivity contribution in [2.75, 3.05) is 0 Å². The van der Waals surface area contributed by atoms with Crippen LogP contribution in [0.5, 0.6) is 0 Å². The van der Waals surface area contributed by atoms with E-state index < -0.39 is 0 Å². The van der Waals surface area contributed by atoms with Gasteiger partial charge in [0.15, 0.2) is 11.6 Å². The highest BCUT2D eigenvalue weighted by Crippen LogP contribution is 2.41. The predicted octanol–water partition coefficient (Wildman–Crippen LogP) is 3.38. The highest BCUT2D eigenvalue weighted by atomic mass is 16.3. The van der Waals surface area contributed by atoms with Crippen molar-refractivity contribution in [2.45, 2.75) is 26.9 Å². The van der Waals surface area contributed by atoms with E-state index >= 15 is 0 Å². The number of carbonyl (C=O) groups is 2. The van der Waals surface area contributed by atoms with Gasteiger partial charge in [0.05, 0.1) is 24.2 Å². The Morgan fingerprint density at radius 1 is 1.14 bits per heavy atom. The summed E-state index contributed by atoms with van der Waals surface area (Å²) in [5.74, 6) is -0.371. The van der Waals surface area contributed by atoms with Gasteiger partial charge in [0, 0.05) is 45.6 Å². The Labute approximate surface area is 166 Å². The van der Waals surface area contributed by atoms with E-state index in [4.69, 9.17) is 0 Å². The molecule has 144 valence electrons. The first-order valence-corrected chi connectivity index (χ1v) is 9.46. The molecule has 0 fully saturated rings. The molecule has 0 saturated carbocycles. The molecule has 3 aromatic heterocycles. The number of rotatable bonds is 3. The van der Waals surface area contributed by atoms with Gasteiger partial charge in [0.1, 0.15) is 0 Å². The summed E-state index contributed by atoms with van der Waals surface area (Å²) >= 11 is 0. The number of para-hydroxylation sites is 1. The lowest BCUT2D eigenvalue weighted by Gasteiger charge is -2.06. The van der Waals surface area contributed by atoms with Crippen LogP contribution in [-0.4, -0.2) is 31.3 Å². The van der Waals surface area contributed by atoms with Gasteiger partial charge in [-0.25, -0.2) is 4.52 Å². The van der Waals surface area contributed by atoms with E-state index in [1.54, 1.807) is 16.8 Å². The third kappa shape index (κ3) is 2.49. The number of hydrogen-bond donors (Lipinski definition) is 2. The molecule has 6 nitrogen and oxygen atoms in total. The Morgan fingerprint density at radius 3 is 2.72 bits per heavy atom. The van der Waals surface area contributed by atoms with Crippen molar-refractivity contribution < 1.29 is 14.7 Å². The normalized spacial score (nSPS) is 14.7. The molecule has 0 bridgehead atoms. The average Bonchev–Trinajstić information content (AvgIpc) is 3.34. The lowest BCUT2D eigenvalue weighted by Crippen LogP contribution is -1.98. The van der Waals surface area contributed by atoms with Gasteiger partial charge in [0.25, 0.3) is 0 Å². The number of aliphatic hydroxyl groups is 1. The van der Waals surface area contributed by atoms with Crippen LogP contribution >= 0.6 is 0 Å². The number of aromatic amines is 1. The second-order valence-electron chi connectivity index (χ2n) is 7.46. The number of H-pyrrole nitrogens is 1. The first-order chi connectivity index (χ1) is 14.0. The third-order valence-corrected chi connectivity index (χ3v) is 5.63. The van der Waals surface area contributed by atoms with Gasteiger partial charge >= 0.3 is 0 Å². The van der Waals surface area contributed by atoms with Gasteiger partial charge < -0.3 is 10.1 Å². The first kappa shape index (κ1) is 17.6. The van der Waals surface area contributed by atoms with Crippen molar-refractivity contribution in [3.63, 3.8) is 0 Å². The molecule has 6 heteroatoms. The molecule has 0 aliphatic heterocycles. The van der Waals surface area contributed by atoms with E-state index in [1.165, 1.54) is 0 Å². The standard InChI is InChI=1S/C23H19N3O3/c1-12-4-3-5-15-16(10-24-23(12)15)21-18(28)9-19(29)22(21)20-13(2)25-26-7-6-14(11-27)8-17(20)26/h3-8,10,24,27H,9,11H2,1-2H3. The second-order valence-corrected chi connectivity index (χ2v) is 7.46. The minimum Gasteiger partial charge on any atom is -0.392 e. The number of pyridine rings is 1. The fourth-order valence-corrected chi connectivity index (χ4v) is 4.28. The summed E-state index contributed by atoms with van der Waals surface area (Å²) in [4.78, 5) is 29.1. The number of allylic oxidation sites excluding steroid dienone is 2. The van der Waals surface area contributed by atoms with E-state index in [-0.39, 0.29) is 24.6 Å². The lowest BCUT2D eigenvalue weighted by atomic mass is 9.94. The molecule has 0 saturated heterocycles. The van der Waals surface area contributed by atoms with Crippen LogP contribution < -0.4 is 0 Å². The minimum atomic E-state index is -0.195. The molecule has 0 atom stereocenters. The molecule has 0 spiro atoms. The summed E-state index contributed by atoms with van der Waals surface area (Å²) in [5.41, 5.74) is 6.40. The number of hydrogen-bond acceptors (Lipinski definition) is 4. The van der Waals surface area contributed by atoms with Gasteiger partial charge in [-0.15, -0.1) is 0 Å². The maximum absolute atomic E-state index is 13.0. The molecule has 0 unspecified atom stereocenters. The van der Waals surface area contributed by atoms with E-state index in [9.17, 15) is 14.7 Å². The number of ketones is 2. The van der Waals surface area contributed by atoms with Gasteiger partial charge in [-0.2, -0.15) is 5.10 Å². The van der Waals surface area contributed by atoms with Crippen LogP contribution in [0.1, 0.15) is 34.4 Å². The number of Topliss-reactive ketones (excluding diaryl/α,β-unsaturated/α-hetero) is 2. The molecule has 0 radical (unpaired) electrons. The Kier molecular flexibility index (Phi) is 3.79. The van der Waals surface area contributed by atoms with Crippen molar-refractivity contribution in [3.8, 4) is 0 Å². The Morgan fingerprint density at radius 2 is 1.93 bits per heavy atom. The molecule has 4 aromatic rings. The maximum Gasteiger partial charge on any atom is 0.172 e. The lowest BCUT2D eigenvalue weighted by molar-refractivity contribution is -0.119. The second kappa shape index (κ2) is 6.25. The number of aryl methyl sites for hydroxylation is 2. The Balaban J connectivity index is 1.86. The zero-order valence-corrected chi connectivity index (χ0v) is 16.1. The van der Waals surface area contributed by atoms with Crippen molar-refractivity contribution in [2.24, 2.45) is 0 Å². The van der Waals surface area contributed by atoms with E-state index in [0.29, 0.717) is 27.9 Å². The highest BCUT2D eigenvalue weighted by molar-refractivity contribution is 6.52. The SMILES string of the molecule is Cc1nn2ccc(CO)cc2c1C1=C(c2c[nH]c3c(C)cccc23)C(=O)CC1=O. The van der Waals surface area contributed by atoms with Crippen molar-refractivity contribution in [3.05, 3.63) is 70.7 Å². The van der Waals surface area contributed by atoms with Crippen molar-refractivity contribution in [1.29, 1.82) is 0 Å². The zero-order chi connectivity index (χ0) is 20.3. The minimum absolute atomic E-state index is 0.110. The number of aromatic nitrogens is 3. The summed E-state index contributed by atoms with van der Waals surface area (Å²) in [6.07, 6.45) is 3.43. The van der Waals surface area contributed by atoms with Gasteiger partial charge in [-0.05, 0) is 37.1 Å². The fourth-order valence-electron chi connectivity index (χ4n) is 4.28. The van der Waals surface area contributed by atoms with Crippen LogP contribution in [0.15, 0.2) is 42.7 Å². The summed E-state index contributed by atoms with van der Waals surface area (Å²) in [7, 11) is 0. The van der Waals surface area contributed by atoms with E-state index in [1.807, 2.05) is 44.3 Å². The third-order valence-electron chi connectivity index (χ3n) is 5.63. The largest absolute Gasteiger partial charge is 0.392 e. The number of nitrogens with zero attached hydrogens (tertiary/aromatic N) is 2. The van der Waals surface area contributed by atoms with E-state index in [0.717, 1.165) is 27.6 Å². The summed E-state index contributed by atoms with van der Waals surface area (Å²) in [6, 6.07) is 9.51. The Bertz CT molecular complexity index is 1370. The Hall–Kier alpha value is -3.51. The number of benzene rings is 1. The van der Waals surface area contributed by atoms with Crippen LogP contribution in [0.2, 0.25) is 0 Å². The molecule has 29 heavy (non-hydrogen) atoms. The average molecular weight is 385 g/mol. The van der Waals surface area contributed by atoms with Crippen LogP contribution in [0.25, 0.3) is 27.6 Å². The molecule has 1 aliphatic rings. The quantitative estimate of drug-likeness (QED) is 0.529. The van der Waals surface area contributed by atoms with Gasteiger partial charge in [-0.1, -0.05) is 18.2 Å². The number of nitrogens with one attached hydrogen (secondary N) is 1. The molecule has 2 N–H and O–H groups in total. The number of fused-ring (bicyclic) bond motifs is 2. The molecule has 0 amide bonds. The van der Waals surface area contributed by atoms with Gasteiger partial charge in [-0.3, -0.25) is 9.59 Å². The molecular weight excluding hydrogens is 366 g/mol. The summed E-state index contributed by atoms with van der Waals surface area (Å²) in [6.45, 7) is 3.73. The van der Waals surface area contributed by atoms with Crippen molar-refractivity contribution in [1.82, 2.24) is 14.6 Å². The van der Waals surface area contributed by atoms with Gasteiger partial charge in [0.2, 0.25) is 0 Å². The first-order valence-electron chi connectivity index (χ1n) is 9.46. The zero-order valence-electron chi connectivity index (χ0n) is 16.1. The number of carbonyl (C=O) groups excluding carboxylic acids is 2. The molecule has 1 aliphatic carbocycles. The maximum atomic E-state index is 13.0. The highest BCUT2D eigenvalue weighted by Gasteiger charge is 2.36. The van der Waals surface area contributed by atoms with E-state index in [2.05, 4.69) is 10.1 Å². The van der Waals surface area contributed by atoms with Crippen molar-refractivity contribution >= 4 is 39.1 Å². The molecule has 5 rings (SSSR count).